The minimum Gasteiger partial charge on any atom is -0.493 e. The monoisotopic (exact) mass is 297 g/mol. The van der Waals surface area contributed by atoms with Crippen molar-refractivity contribution < 1.29 is 9.47 Å². The van der Waals surface area contributed by atoms with Gasteiger partial charge >= 0.3 is 0 Å². The van der Waals surface area contributed by atoms with E-state index in [9.17, 15) is 0 Å². The molecule has 0 aromatic heterocycles. The lowest BCUT2D eigenvalue weighted by molar-refractivity contribution is 0.337. The molecule has 1 aliphatic rings. The first-order valence-electron chi connectivity index (χ1n) is 7.14. The van der Waals surface area contributed by atoms with Crippen molar-refractivity contribution in [3.63, 3.8) is 0 Å². The van der Waals surface area contributed by atoms with Crippen LogP contribution in [0.1, 0.15) is 32.3 Å². The van der Waals surface area contributed by atoms with E-state index in [0.717, 1.165) is 24.6 Å². The van der Waals surface area contributed by atoms with Crippen LogP contribution in [0, 0.1) is 11.3 Å². The van der Waals surface area contributed by atoms with Crippen LogP contribution in [0.4, 0.5) is 0 Å². The second-order valence-electron chi connectivity index (χ2n) is 5.89. The normalized spacial score (nSPS) is 16.3. The molecule has 1 aromatic carbocycles. The van der Waals surface area contributed by atoms with Crippen LogP contribution in [-0.4, -0.2) is 20.8 Å². The molecule has 1 N–H and O–H groups in total. The average molecular weight is 298 g/mol. The van der Waals surface area contributed by atoms with Crippen LogP contribution in [0.15, 0.2) is 12.1 Å². The molecule has 1 saturated carbocycles. The van der Waals surface area contributed by atoms with Gasteiger partial charge in [0, 0.05) is 13.1 Å². The Morgan fingerprint density at radius 3 is 2.45 bits per heavy atom. The van der Waals surface area contributed by atoms with Gasteiger partial charge in [-0.25, -0.2) is 0 Å². The molecule has 0 aliphatic heterocycles. The molecular formula is C16H24ClNO2. The second kappa shape index (κ2) is 6.23. The van der Waals surface area contributed by atoms with E-state index in [1.165, 1.54) is 12.8 Å². The fourth-order valence-corrected chi connectivity index (χ4v) is 2.93. The topological polar surface area (TPSA) is 30.5 Å². The third-order valence-electron chi connectivity index (χ3n) is 4.47. The molecule has 0 bridgehead atoms. The minimum atomic E-state index is 0.503. The van der Waals surface area contributed by atoms with Crippen molar-refractivity contribution in [2.75, 3.05) is 20.8 Å². The number of methoxy groups -OCH3 is 2. The second-order valence-corrected chi connectivity index (χ2v) is 6.27. The summed E-state index contributed by atoms with van der Waals surface area (Å²) in [5.74, 6) is 2.01. The van der Waals surface area contributed by atoms with Gasteiger partial charge in [-0.3, -0.25) is 0 Å². The van der Waals surface area contributed by atoms with Crippen LogP contribution in [0.5, 0.6) is 11.5 Å². The molecule has 4 heteroatoms. The molecule has 0 spiro atoms. The average Bonchev–Trinajstić information content (AvgIpc) is 3.21. The van der Waals surface area contributed by atoms with Gasteiger partial charge in [0.2, 0.25) is 0 Å². The van der Waals surface area contributed by atoms with Crippen LogP contribution in [0.2, 0.25) is 5.02 Å². The Kier molecular flexibility index (Phi) is 4.82. The molecule has 1 fully saturated rings. The fraction of sp³-hybridized carbons (Fsp3) is 0.625. The van der Waals surface area contributed by atoms with Crippen molar-refractivity contribution >= 4 is 11.6 Å². The zero-order valence-corrected chi connectivity index (χ0v) is 13.5. The largest absolute Gasteiger partial charge is 0.493 e. The Bertz CT molecular complexity index is 470. The van der Waals surface area contributed by atoms with Gasteiger partial charge in [0.15, 0.2) is 11.5 Å². The molecule has 1 aromatic rings. The standard InChI is InChI=1S/C16H24ClNO2/c1-11(2)16(7-8-16)10-18-9-12-5-6-13(19-3)15(20-4)14(12)17/h5-6,11,18H,7-10H2,1-4H3. The van der Waals surface area contributed by atoms with E-state index in [1.54, 1.807) is 14.2 Å². The van der Waals surface area contributed by atoms with Crippen LogP contribution in [-0.2, 0) is 6.54 Å². The Labute approximate surface area is 126 Å². The number of halogens is 1. The summed E-state index contributed by atoms with van der Waals surface area (Å²) in [6, 6.07) is 3.89. The predicted molar refractivity (Wildman–Crippen MR) is 82.8 cm³/mol. The first kappa shape index (κ1) is 15.5. The SMILES string of the molecule is COc1ccc(CNCC2(C(C)C)CC2)c(Cl)c1OC. The van der Waals surface area contributed by atoms with Crippen LogP contribution < -0.4 is 14.8 Å². The molecule has 2 rings (SSSR count). The van der Waals surface area contributed by atoms with E-state index in [1.807, 2.05) is 12.1 Å². The van der Waals surface area contributed by atoms with Gasteiger partial charge < -0.3 is 14.8 Å². The molecular weight excluding hydrogens is 274 g/mol. The number of hydrogen-bond acceptors (Lipinski definition) is 3. The van der Waals surface area contributed by atoms with E-state index in [2.05, 4.69) is 19.2 Å². The third-order valence-corrected chi connectivity index (χ3v) is 4.89. The molecule has 112 valence electrons. The first-order valence-corrected chi connectivity index (χ1v) is 7.52. The summed E-state index contributed by atoms with van der Waals surface area (Å²) in [5, 5.41) is 4.17. The molecule has 3 nitrogen and oxygen atoms in total. The predicted octanol–water partition coefficient (Wildman–Crippen LogP) is 3.88. The summed E-state index contributed by atoms with van der Waals surface area (Å²) in [6.07, 6.45) is 2.66. The minimum absolute atomic E-state index is 0.503. The highest BCUT2D eigenvalue weighted by atomic mass is 35.5. The van der Waals surface area contributed by atoms with Crippen LogP contribution in [0.3, 0.4) is 0 Å². The Morgan fingerprint density at radius 1 is 1.25 bits per heavy atom. The number of hydrogen-bond donors (Lipinski definition) is 1. The van der Waals surface area contributed by atoms with Crippen molar-refractivity contribution in [3.05, 3.63) is 22.7 Å². The van der Waals surface area contributed by atoms with Crippen molar-refractivity contribution in [1.29, 1.82) is 0 Å². The number of rotatable bonds is 7. The highest BCUT2D eigenvalue weighted by molar-refractivity contribution is 6.33. The van der Waals surface area contributed by atoms with Gasteiger partial charge in [-0.05, 0) is 35.8 Å². The van der Waals surface area contributed by atoms with Gasteiger partial charge in [-0.1, -0.05) is 31.5 Å². The molecule has 0 amide bonds. The van der Waals surface area contributed by atoms with Gasteiger partial charge in [0.25, 0.3) is 0 Å². The highest BCUT2D eigenvalue weighted by Crippen LogP contribution is 2.51. The van der Waals surface area contributed by atoms with E-state index in [-0.39, 0.29) is 0 Å². The van der Waals surface area contributed by atoms with E-state index in [0.29, 0.717) is 21.9 Å². The number of ether oxygens (including phenoxy) is 2. The lowest BCUT2D eigenvalue weighted by Crippen LogP contribution is -2.27. The Morgan fingerprint density at radius 2 is 1.95 bits per heavy atom. The van der Waals surface area contributed by atoms with E-state index in [4.69, 9.17) is 21.1 Å². The quantitative estimate of drug-likeness (QED) is 0.828. The Hall–Kier alpha value is -0.930. The van der Waals surface area contributed by atoms with Crippen LogP contribution in [0.25, 0.3) is 0 Å². The summed E-state index contributed by atoms with van der Waals surface area (Å²) in [7, 11) is 3.23. The lowest BCUT2D eigenvalue weighted by atomic mass is 9.92. The molecule has 0 unspecified atom stereocenters. The highest BCUT2D eigenvalue weighted by Gasteiger charge is 2.44. The summed E-state index contributed by atoms with van der Waals surface area (Å²) in [6.45, 7) is 6.42. The van der Waals surface area contributed by atoms with Gasteiger partial charge in [-0.2, -0.15) is 0 Å². The third kappa shape index (κ3) is 3.04. The van der Waals surface area contributed by atoms with Gasteiger partial charge in [-0.15, -0.1) is 0 Å². The van der Waals surface area contributed by atoms with Gasteiger partial charge in [0.05, 0.1) is 19.2 Å². The maximum Gasteiger partial charge on any atom is 0.179 e. The van der Waals surface area contributed by atoms with Gasteiger partial charge in [0.1, 0.15) is 0 Å². The summed E-state index contributed by atoms with van der Waals surface area (Å²) in [5.41, 5.74) is 1.55. The van der Waals surface area contributed by atoms with Crippen molar-refractivity contribution in [2.24, 2.45) is 11.3 Å². The first-order chi connectivity index (χ1) is 9.54. The summed E-state index contributed by atoms with van der Waals surface area (Å²) < 4.78 is 10.6. The van der Waals surface area contributed by atoms with E-state index >= 15 is 0 Å². The number of nitrogens with one attached hydrogen (secondary N) is 1. The summed E-state index contributed by atoms with van der Waals surface area (Å²) in [4.78, 5) is 0. The smallest absolute Gasteiger partial charge is 0.179 e. The Balaban J connectivity index is 2.00. The molecule has 0 radical (unpaired) electrons. The van der Waals surface area contributed by atoms with Crippen molar-refractivity contribution in [2.45, 2.75) is 33.2 Å². The molecule has 0 heterocycles. The zero-order valence-electron chi connectivity index (χ0n) is 12.8. The van der Waals surface area contributed by atoms with Crippen molar-refractivity contribution in [3.8, 4) is 11.5 Å². The molecule has 0 saturated heterocycles. The van der Waals surface area contributed by atoms with E-state index < -0.39 is 0 Å². The molecule has 1 aliphatic carbocycles. The summed E-state index contributed by atoms with van der Waals surface area (Å²) >= 11 is 6.38. The van der Waals surface area contributed by atoms with Crippen molar-refractivity contribution in [1.82, 2.24) is 5.32 Å². The maximum absolute atomic E-state index is 6.38. The lowest BCUT2D eigenvalue weighted by Gasteiger charge is -2.20. The fourth-order valence-electron chi connectivity index (χ4n) is 2.63. The zero-order chi connectivity index (χ0) is 14.8. The molecule has 0 atom stereocenters. The van der Waals surface area contributed by atoms with Crippen LogP contribution >= 0.6 is 11.6 Å². The molecule has 20 heavy (non-hydrogen) atoms. The maximum atomic E-state index is 6.38. The number of benzene rings is 1.